The van der Waals surface area contributed by atoms with Crippen molar-refractivity contribution in [2.75, 3.05) is 25.0 Å². The summed E-state index contributed by atoms with van der Waals surface area (Å²) in [5.74, 6) is 1.46. The van der Waals surface area contributed by atoms with Crippen LogP contribution in [-0.2, 0) is 6.18 Å². The lowest BCUT2D eigenvalue weighted by atomic mass is 9.94. The SMILES string of the molecule is Cc1noc(C)c1-c1ccc2c(-c3nc(NC4CC5CCN(CC5)C4)ncc3C(F)(F)F)c[nH]c2n1. The molecule has 7 heterocycles. The van der Waals surface area contributed by atoms with E-state index in [0.717, 1.165) is 50.7 Å². The fourth-order valence-electron chi connectivity index (χ4n) is 5.53. The summed E-state index contributed by atoms with van der Waals surface area (Å²) in [6.07, 6.45) is 1.09. The van der Waals surface area contributed by atoms with E-state index in [1.54, 1.807) is 19.1 Å². The summed E-state index contributed by atoms with van der Waals surface area (Å²) in [5, 5.41) is 7.82. The second kappa shape index (κ2) is 8.58. The number of alkyl halides is 3. The zero-order valence-electron chi connectivity index (χ0n) is 20.0. The van der Waals surface area contributed by atoms with Crippen LogP contribution in [0.1, 0.15) is 36.3 Å². The number of H-pyrrole nitrogens is 1. The number of nitrogens with zero attached hydrogens (tertiary/aromatic N) is 5. The number of aromatic amines is 1. The molecule has 2 bridgehead atoms. The molecule has 0 spiro atoms. The van der Waals surface area contributed by atoms with E-state index in [9.17, 15) is 13.2 Å². The number of rotatable bonds is 4. The molecule has 0 aromatic carbocycles. The van der Waals surface area contributed by atoms with Gasteiger partial charge in [-0.2, -0.15) is 13.2 Å². The van der Waals surface area contributed by atoms with Crippen molar-refractivity contribution in [3.05, 3.63) is 41.5 Å². The van der Waals surface area contributed by atoms with Crippen molar-refractivity contribution in [3.63, 3.8) is 0 Å². The number of halogens is 3. The van der Waals surface area contributed by atoms with Crippen molar-refractivity contribution in [2.45, 2.75) is 45.3 Å². The Kier molecular flexibility index (Phi) is 5.47. The minimum atomic E-state index is -4.60. The van der Waals surface area contributed by atoms with E-state index in [1.807, 2.05) is 6.92 Å². The summed E-state index contributed by atoms with van der Waals surface area (Å²) in [4.78, 5) is 18.5. The van der Waals surface area contributed by atoms with Gasteiger partial charge in [0, 0.05) is 35.9 Å². The number of hydrogen-bond acceptors (Lipinski definition) is 7. The Balaban J connectivity index is 1.38. The third kappa shape index (κ3) is 4.11. The van der Waals surface area contributed by atoms with E-state index >= 15 is 0 Å². The molecule has 3 aliphatic rings. The highest BCUT2D eigenvalue weighted by molar-refractivity contribution is 5.94. The van der Waals surface area contributed by atoms with Gasteiger partial charge in [-0.15, -0.1) is 0 Å². The van der Waals surface area contributed by atoms with Gasteiger partial charge in [-0.05, 0) is 64.3 Å². The third-order valence-electron chi connectivity index (χ3n) is 7.31. The Morgan fingerprint density at radius 2 is 1.94 bits per heavy atom. The number of fused-ring (bicyclic) bond motifs is 5. The molecule has 8 nitrogen and oxygen atoms in total. The van der Waals surface area contributed by atoms with Crippen LogP contribution in [0.5, 0.6) is 0 Å². The summed E-state index contributed by atoms with van der Waals surface area (Å²) in [5.41, 5.74) is 1.82. The van der Waals surface area contributed by atoms with Crippen LogP contribution in [-0.4, -0.2) is 55.7 Å². The highest BCUT2D eigenvalue weighted by Gasteiger charge is 2.37. The van der Waals surface area contributed by atoms with Gasteiger partial charge in [-0.25, -0.2) is 15.0 Å². The first-order valence-corrected chi connectivity index (χ1v) is 12.1. The predicted octanol–water partition coefficient (Wildman–Crippen LogP) is 5.21. The van der Waals surface area contributed by atoms with E-state index in [4.69, 9.17) is 4.52 Å². The number of pyridine rings is 1. The molecule has 4 aromatic rings. The Hall–Kier alpha value is -3.47. The normalized spacial score (nSPS) is 22.2. The smallest absolute Gasteiger partial charge is 0.361 e. The molecule has 3 fully saturated rings. The minimum absolute atomic E-state index is 0.104. The highest BCUT2D eigenvalue weighted by Crippen LogP contribution is 2.39. The van der Waals surface area contributed by atoms with Crippen molar-refractivity contribution in [1.82, 2.24) is 30.0 Å². The van der Waals surface area contributed by atoms with Gasteiger partial charge in [-0.3, -0.25) is 0 Å². The molecule has 7 rings (SSSR count). The lowest BCUT2D eigenvalue weighted by molar-refractivity contribution is -0.137. The van der Waals surface area contributed by atoms with Crippen molar-refractivity contribution in [2.24, 2.45) is 5.92 Å². The molecule has 0 radical (unpaired) electrons. The van der Waals surface area contributed by atoms with Gasteiger partial charge in [0.15, 0.2) is 0 Å². The average molecular weight is 498 g/mol. The van der Waals surface area contributed by atoms with E-state index in [1.165, 1.54) is 6.20 Å². The molecule has 4 aromatic heterocycles. The minimum Gasteiger partial charge on any atom is -0.361 e. The van der Waals surface area contributed by atoms with Crippen molar-refractivity contribution in [3.8, 4) is 22.5 Å². The van der Waals surface area contributed by atoms with Gasteiger partial charge in [0.2, 0.25) is 5.95 Å². The number of aryl methyl sites for hydroxylation is 2. The molecule has 11 heteroatoms. The zero-order chi connectivity index (χ0) is 25.0. The first-order chi connectivity index (χ1) is 17.3. The standard InChI is InChI=1S/C25H26F3N7O/c1-13-21(14(2)36-34-13)20-4-3-17-18(10-29-23(17)32-20)22-19(25(26,27)28)11-30-24(33-22)31-16-9-15-5-7-35(12-16)8-6-15/h3-4,10-11,15-16H,5-9,12H2,1-2H3,(H,29,32)(H,30,31,33). The molecule has 1 unspecified atom stereocenters. The predicted molar refractivity (Wildman–Crippen MR) is 128 cm³/mol. The van der Waals surface area contributed by atoms with Crippen molar-refractivity contribution < 1.29 is 17.7 Å². The van der Waals surface area contributed by atoms with Crippen LogP contribution >= 0.6 is 0 Å². The maximum absolute atomic E-state index is 14.0. The number of anilines is 1. The summed E-state index contributed by atoms with van der Waals surface area (Å²) in [6, 6.07) is 3.61. The Labute approximate surface area is 205 Å². The van der Waals surface area contributed by atoms with E-state index in [-0.39, 0.29) is 17.7 Å². The number of piperidine rings is 1. The molecule has 2 N–H and O–H groups in total. The fraction of sp³-hybridized carbons (Fsp3) is 0.440. The third-order valence-corrected chi connectivity index (χ3v) is 7.31. The van der Waals surface area contributed by atoms with Gasteiger partial charge in [0.05, 0.1) is 22.6 Å². The van der Waals surface area contributed by atoms with E-state index in [2.05, 4.69) is 35.3 Å². The maximum Gasteiger partial charge on any atom is 0.419 e. The van der Waals surface area contributed by atoms with E-state index < -0.39 is 11.7 Å². The van der Waals surface area contributed by atoms with Crippen molar-refractivity contribution in [1.29, 1.82) is 0 Å². The summed E-state index contributed by atoms with van der Waals surface area (Å²) >= 11 is 0. The molecule has 0 aliphatic carbocycles. The fourth-order valence-corrected chi connectivity index (χ4v) is 5.53. The first-order valence-electron chi connectivity index (χ1n) is 12.1. The zero-order valence-corrected chi connectivity index (χ0v) is 20.0. The molecule has 3 aliphatic heterocycles. The number of aromatic nitrogens is 5. The molecule has 36 heavy (non-hydrogen) atoms. The Bertz CT molecular complexity index is 1390. The van der Waals surface area contributed by atoms with Crippen LogP contribution in [0, 0.1) is 19.8 Å². The van der Waals surface area contributed by atoms with Gasteiger partial charge in [0.25, 0.3) is 0 Å². The summed E-state index contributed by atoms with van der Waals surface area (Å²) in [7, 11) is 0. The molecular formula is C25H26F3N7O. The molecule has 188 valence electrons. The average Bonchev–Trinajstić information content (AvgIpc) is 3.27. The van der Waals surface area contributed by atoms with Gasteiger partial charge in [-0.1, -0.05) is 5.16 Å². The monoisotopic (exact) mass is 497 g/mol. The number of hydrogen-bond donors (Lipinski definition) is 2. The van der Waals surface area contributed by atoms with Gasteiger partial charge >= 0.3 is 6.18 Å². The Morgan fingerprint density at radius 3 is 2.67 bits per heavy atom. The molecule has 1 atom stereocenters. The largest absolute Gasteiger partial charge is 0.419 e. The van der Waals surface area contributed by atoms with Crippen LogP contribution in [0.3, 0.4) is 0 Å². The van der Waals surface area contributed by atoms with Gasteiger partial charge < -0.3 is 19.7 Å². The van der Waals surface area contributed by atoms with Crippen LogP contribution in [0.15, 0.2) is 29.0 Å². The Morgan fingerprint density at radius 1 is 1.14 bits per heavy atom. The molecular weight excluding hydrogens is 471 g/mol. The number of nitrogens with one attached hydrogen (secondary N) is 2. The second-order valence-electron chi connectivity index (χ2n) is 9.77. The van der Waals surface area contributed by atoms with Crippen LogP contribution in [0.25, 0.3) is 33.5 Å². The molecule has 3 saturated heterocycles. The van der Waals surface area contributed by atoms with Crippen LogP contribution in [0.2, 0.25) is 0 Å². The highest BCUT2D eigenvalue weighted by atomic mass is 19.4. The summed E-state index contributed by atoms with van der Waals surface area (Å²) in [6.45, 7) is 6.60. The van der Waals surface area contributed by atoms with Crippen molar-refractivity contribution >= 4 is 17.0 Å². The molecule has 0 amide bonds. The topological polar surface area (TPSA) is 95.8 Å². The summed E-state index contributed by atoms with van der Waals surface area (Å²) < 4.78 is 47.2. The maximum atomic E-state index is 14.0. The second-order valence-corrected chi connectivity index (χ2v) is 9.77. The first kappa shape index (κ1) is 23.0. The quantitative estimate of drug-likeness (QED) is 0.400. The van der Waals surface area contributed by atoms with Crippen LogP contribution in [0.4, 0.5) is 19.1 Å². The van der Waals surface area contributed by atoms with E-state index in [0.29, 0.717) is 39.7 Å². The lowest BCUT2D eigenvalue weighted by Crippen LogP contribution is -2.35. The van der Waals surface area contributed by atoms with Gasteiger partial charge in [0.1, 0.15) is 17.0 Å². The lowest BCUT2D eigenvalue weighted by Gasteiger charge is -2.26. The molecule has 0 saturated carbocycles. The van der Waals surface area contributed by atoms with Crippen LogP contribution < -0.4 is 5.32 Å².